The van der Waals surface area contributed by atoms with Crippen LogP contribution in [-0.2, 0) is 6.54 Å². The van der Waals surface area contributed by atoms with Crippen LogP contribution in [0.5, 0.6) is 0 Å². The SMILES string of the molecule is Cc1ccc(CNC(=O)NC[C@@H]2CCN(C3CCCC3)C2)cc1. The van der Waals surface area contributed by atoms with E-state index in [1.165, 1.54) is 44.2 Å². The highest BCUT2D eigenvalue weighted by atomic mass is 16.2. The van der Waals surface area contributed by atoms with E-state index in [1.807, 2.05) is 0 Å². The molecule has 4 heteroatoms. The lowest BCUT2D eigenvalue weighted by Crippen LogP contribution is -2.39. The van der Waals surface area contributed by atoms with Crippen LogP contribution in [0.15, 0.2) is 24.3 Å². The van der Waals surface area contributed by atoms with Gasteiger partial charge in [-0.3, -0.25) is 0 Å². The second-order valence-electron chi connectivity index (χ2n) is 7.14. The van der Waals surface area contributed by atoms with Gasteiger partial charge in [0.1, 0.15) is 0 Å². The zero-order chi connectivity index (χ0) is 16.1. The quantitative estimate of drug-likeness (QED) is 0.877. The first-order valence-corrected chi connectivity index (χ1v) is 9.02. The molecule has 0 unspecified atom stereocenters. The molecule has 0 spiro atoms. The van der Waals surface area contributed by atoms with Crippen molar-refractivity contribution in [1.82, 2.24) is 15.5 Å². The number of nitrogens with zero attached hydrogens (tertiary/aromatic N) is 1. The second-order valence-corrected chi connectivity index (χ2v) is 7.14. The Morgan fingerprint density at radius 1 is 1.13 bits per heavy atom. The molecular formula is C19H29N3O. The third-order valence-corrected chi connectivity index (χ3v) is 5.28. The lowest BCUT2D eigenvalue weighted by Gasteiger charge is -2.23. The average molecular weight is 315 g/mol. The van der Waals surface area contributed by atoms with Crippen molar-refractivity contribution in [3.05, 3.63) is 35.4 Å². The predicted molar refractivity (Wildman–Crippen MR) is 93.4 cm³/mol. The zero-order valence-electron chi connectivity index (χ0n) is 14.2. The van der Waals surface area contributed by atoms with Crippen molar-refractivity contribution < 1.29 is 4.79 Å². The molecule has 0 aromatic heterocycles. The molecular weight excluding hydrogens is 286 g/mol. The molecule has 1 aliphatic heterocycles. The molecule has 1 aliphatic carbocycles. The minimum absolute atomic E-state index is 0.0510. The largest absolute Gasteiger partial charge is 0.338 e. The molecule has 2 amide bonds. The van der Waals surface area contributed by atoms with Crippen molar-refractivity contribution in [2.45, 2.75) is 51.6 Å². The van der Waals surface area contributed by atoms with E-state index in [1.54, 1.807) is 0 Å². The maximum absolute atomic E-state index is 11.9. The van der Waals surface area contributed by atoms with Gasteiger partial charge >= 0.3 is 6.03 Å². The fourth-order valence-electron chi connectivity index (χ4n) is 3.82. The molecule has 2 N–H and O–H groups in total. The van der Waals surface area contributed by atoms with Gasteiger partial charge in [-0.05, 0) is 44.2 Å². The normalized spacial score (nSPS) is 22.4. The summed E-state index contributed by atoms with van der Waals surface area (Å²) in [5, 5.41) is 5.99. The highest BCUT2D eigenvalue weighted by molar-refractivity contribution is 5.73. The van der Waals surface area contributed by atoms with E-state index >= 15 is 0 Å². The third kappa shape index (κ3) is 4.71. The minimum Gasteiger partial charge on any atom is -0.338 e. The van der Waals surface area contributed by atoms with Crippen LogP contribution >= 0.6 is 0 Å². The van der Waals surface area contributed by atoms with Crippen LogP contribution in [0.4, 0.5) is 4.79 Å². The predicted octanol–water partition coefficient (Wildman–Crippen LogP) is 3.06. The molecule has 1 saturated carbocycles. The Labute approximate surface area is 139 Å². The summed E-state index contributed by atoms with van der Waals surface area (Å²) < 4.78 is 0. The van der Waals surface area contributed by atoms with E-state index in [0.29, 0.717) is 12.5 Å². The number of carbonyl (C=O) groups is 1. The van der Waals surface area contributed by atoms with Crippen LogP contribution in [-0.4, -0.2) is 36.6 Å². The van der Waals surface area contributed by atoms with Gasteiger partial charge in [0.05, 0.1) is 0 Å². The van der Waals surface area contributed by atoms with Gasteiger partial charge in [-0.2, -0.15) is 0 Å². The smallest absolute Gasteiger partial charge is 0.315 e. The summed E-state index contributed by atoms with van der Waals surface area (Å²) in [4.78, 5) is 14.6. The molecule has 1 aromatic carbocycles. The number of hydrogen-bond donors (Lipinski definition) is 2. The number of aryl methyl sites for hydroxylation is 1. The molecule has 1 saturated heterocycles. The number of amides is 2. The van der Waals surface area contributed by atoms with Crippen LogP contribution in [0.25, 0.3) is 0 Å². The molecule has 1 heterocycles. The first-order chi connectivity index (χ1) is 11.2. The summed E-state index contributed by atoms with van der Waals surface area (Å²) in [7, 11) is 0. The lowest BCUT2D eigenvalue weighted by atomic mass is 10.1. The summed E-state index contributed by atoms with van der Waals surface area (Å²) in [6, 6.07) is 9.04. The number of urea groups is 1. The fraction of sp³-hybridized carbons (Fsp3) is 0.632. The van der Waals surface area contributed by atoms with Crippen LogP contribution in [0.2, 0.25) is 0 Å². The summed E-state index contributed by atoms with van der Waals surface area (Å²) in [6.07, 6.45) is 6.75. The molecule has 23 heavy (non-hydrogen) atoms. The summed E-state index contributed by atoms with van der Waals surface area (Å²) >= 11 is 0. The maximum atomic E-state index is 11.9. The number of rotatable bonds is 5. The number of hydrogen-bond acceptors (Lipinski definition) is 2. The van der Waals surface area contributed by atoms with Crippen molar-refractivity contribution in [2.24, 2.45) is 5.92 Å². The summed E-state index contributed by atoms with van der Waals surface area (Å²) in [5.41, 5.74) is 2.38. The lowest BCUT2D eigenvalue weighted by molar-refractivity contribution is 0.230. The standard InChI is InChI=1S/C19H29N3O/c1-15-6-8-16(9-7-15)12-20-19(23)21-13-17-10-11-22(14-17)18-4-2-3-5-18/h6-9,17-18H,2-5,10-14H2,1H3,(H2,20,21,23)/t17-/m0/s1. The molecule has 2 fully saturated rings. The van der Waals surface area contributed by atoms with Gasteiger partial charge in [0.25, 0.3) is 0 Å². The molecule has 1 aromatic rings. The van der Waals surface area contributed by atoms with Gasteiger partial charge < -0.3 is 15.5 Å². The Hall–Kier alpha value is -1.55. The number of likely N-dealkylation sites (tertiary alicyclic amines) is 1. The molecule has 126 valence electrons. The summed E-state index contributed by atoms with van der Waals surface area (Å²) in [5.74, 6) is 0.612. The van der Waals surface area contributed by atoms with Crippen LogP contribution in [0.1, 0.15) is 43.2 Å². The Morgan fingerprint density at radius 2 is 1.87 bits per heavy atom. The highest BCUT2D eigenvalue weighted by Gasteiger charge is 2.29. The third-order valence-electron chi connectivity index (χ3n) is 5.28. The Bertz CT molecular complexity index is 508. The van der Waals surface area contributed by atoms with Crippen molar-refractivity contribution >= 4 is 6.03 Å². The summed E-state index contributed by atoms with van der Waals surface area (Å²) in [6.45, 7) is 5.82. The average Bonchev–Trinajstić information content (AvgIpc) is 3.23. The number of carbonyl (C=O) groups excluding carboxylic acids is 1. The highest BCUT2D eigenvalue weighted by Crippen LogP contribution is 2.28. The van der Waals surface area contributed by atoms with E-state index < -0.39 is 0 Å². The van der Waals surface area contributed by atoms with Gasteiger partial charge in [0, 0.05) is 25.7 Å². The minimum atomic E-state index is -0.0510. The first kappa shape index (κ1) is 16.3. The zero-order valence-corrected chi connectivity index (χ0v) is 14.2. The van der Waals surface area contributed by atoms with Gasteiger partial charge in [0.15, 0.2) is 0 Å². The Morgan fingerprint density at radius 3 is 2.61 bits per heavy atom. The molecule has 3 rings (SSSR count). The monoisotopic (exact) mass is 315 g/mol. The van der Waals surface area contributed by atoms with Crippen LogP contribution in [0, 0.1) is 12.8 Å². The molecule has 1 atom stereocenters. The van der Waals surface area contributed by atoms with E-state index in [9.17, 15) is 4.79 Å². The van der Waals surface area contributed by atoms with Gasteiger partial charge in [-0.25, -0.2) is 4.79 Å². The number of benzene rings is 1. The molecule has 0 radical (unpaired) electrons. The maximum Gasteiger partial charge on any atom is 0.315 e. The van der Waals surface area contributed by atoms with E-state index in [0.717, 1.165) is 24.7 Å². The van der Waals surface area contributed by atoms with Crippen molar-refractivity contribution in [1.29, 1.82) is 0 Å². The first-order valence-electron chi connectivity index (χ1n) is 9.02. The van der Waals surface area contributed by atoms with Crippen molar-refractivity contribution in [3.63, 3.8) is 0 Å². The van der Waals surface area contributed by atoms with E-state index in [4.69, 9.17) is 0 Å². The number of nitrogens with one attached hydrogen (secondary N) is 2. The topological polar surface area (TPSA) is 44.4 Å². The molecule has 4 nitrogen and oxygen atoms in total. The Kier molecular flexibility index (Phi) is 5.55. The van der Waals surface area contributed by atoms with E-state index in [2.05, 4.69) is 46.7 Å². The van der Waals surface area contributed by atoms with Crippen LogP contribution < -0.4 is 10.6 Å². The van der Waals surface area contributed by atoms with E-state index in [-0.39, 0.29) is 6.03 Å². The van der Waals surface area contributed by atoms with Crippen molar-refractivity contribution in [2.75, 3.05) is 19.6 Å². The van der Waals surface area contributed by atoms with Gasteiger partial charge in [0.2, 0.25) is 0 Å². The van der Waals surface area contributed by atoms with Gasteiger partial charge in [-0.1, -0.05) is 42.7 Å². The van der Waals surface area contributed by atoms with Crippen LogP contribution in [0.3, 0.4) is 0 Å². The van der Waals surface area contributed by atoms with Gasteiger partial charge in [-0.15, -0.1) is 0 Å². The Balaban J connectivity index is 1.33. The fourth-order valence-corrected chi connectivity index (χ4v) is 3.82. The second kappa shape index (κ2) is 7.82. The molecule has 2 aliphatic rings. The van der Waals surface area contributed by atoms with Crippen molar-refractivity contribution in [3.8, 4) is 0 Å². The molecule has 0 bridgehead atoms.